The van der Waals surface area contributed by atoms with E-state index in [2.05, 4.69) is 5.32 Å². The van der Waals surface area contributed by atoms with Crippen molar-refractivity contribution in [1.82, 2.24) is 0 Å². The van der Waals surface area contributed by atoms with Crippen LogP contribution in [0.3, 0.4) is 0 Å². The molecule has 3 nitrogen and oxygen atoms in total. The van der Waals surface area contributed by atoms with E-state index in [1.807, 2.05) is 6.07 Å². The van der Waals surface area contributed by atoms with Crippen LogP contribution in [0, 0.1) is 0 Å². The molecule has 1 N–H and O–H groups in total. The zero-order chi connectivity index (χ0) is 17.8. The van der Waals surface area contributed by atoms with Crippen LogP contribution < -0.4 is 5.32 Å². The van der Waals surface area contributed by atoms with E-state index in [-0.39, 0.29) is 5.91 Å². The Kier molecular flexibility index (Phi) is 5.49. The van der Waals surface area contributed by atoms with Gasteiger partial charge in [-0.3, -0.25) is 4.79 Å². The Hall–Kier alpha value is -2.20. The lowest BCUT2D eigenvalue weighted by molar-refractivity contribution is -0.111. The number of benzene rings is 2. The third-order valence-electron chi connectivity index (χ3n) is 3.36. The number of para-hydroxylation sites is 1. The maximum atomic E-state index is 12.0. The molecule has 0 spiro atoms. The van der Waals surface area contributed by atoms with Crippen molar-refractivity contribution in [3.8, 4) is 11.3 Å². The van der Waals surface area contributed by atoms with Crippen molar-refractivity contribution in [3.63, 3.8) is 0 Å². The highest BCUT2D eigenvalue weighted by molar-refractivity contribution is 6.42. The topological polar surface area (TPSA) is 42.2 Å². The molecule has 3 rings (SSSR count). The zero-order valence-electron chi connectivity index (χ0n) is 12.8. The summed E-state index contributed by atoms with van der Waals surface area (Å²) in [6.45, 7) is 0. The van der Waals surface area contributed by atoms with Crippen LogP contribution >= 0.6 is 34.8 Å². The maximum Gasteiger partial charge on any atom is 0.248 e. The fourth-order valence-corrected chi connectivity index (χ4v) is 2.62. The minimum atomic E-state index is -0.305. The molecule has 1 heterocycles. The maximum absolute atomic E-state index is 12.0. The minimum Gasteiger partial charge on any atom is -0.457 e. The second-order valence-electron chi connectivity index (χ2n) is 5.13. The van der Waals surface area contributed by atoms with Crippen LogP contribution in [0.25, 0.3) is 17.4 Å². The monoisotopic (exact) mass is 391 g/mol. The largest absolute Gasteiger partial charge is 0.457 e. The van der Waals surface area contributed by atoms with E-state index in [0.29, 0.717) is 32.3 Å². The van der Waals surface area contributed by atoms with Gasteiger partial charge in [0.05, 0.1) is 20.8 Å². The van der Waals surface area contributed by atoms with Crippen molar-refractivity contribution in [2.75, 3.05) is 5.32 Å². The van der Waals surface area contributed by atoms with Crippen LogP contribution in [0.15, 0.2) is 65.1 Å². The van der Waals surface area contributed by atoms with Gasteiger partial charge >= 0.3 is 0 Å². The van der Waals surface area contributed by atoms with E-state index in [9.17, 15) is 4.79 Å². The van der Waals surface area contributed by atoms with E-state index < -0.39 is 0 Å². The van der Waals surface area contributed by atoms with E-state index in [1.54, 1.807) is 54.6 Å². The molecular formula is C19H12Cl3NO2. The second kappa shape index (κ2) is 7.79. The molecule has 3 aromatic rings. The van der Waals surface area contributed by atoms with Crippen LogP contribution in [0.1, 0.15) is 5.76 Å². The summed E-state index contributed by atoms with van der Waals surface area (Å²) in [4.78, 5) is 12.0. The van der Waals surface area contributed by atoms with Crippen molar-refractivity contribution >= 4 is 52.5 Å². The van der Waals surface area contributed by atoms with Gasteiger partial charge in [0.1, 0.15) is 11.5 Å². The smallest absolute Gasteiger partial charge is 0.248 e. The van der Waals surface area contributed by atoms with Gasteiger partial charge in [0.2, 0.25) is 5.91 Å². The van der Waals surface area contributed by atoms with E-state index in [1.165, 1.54) is 6.08 Å². The first-order valence-electron chi connectivity index (χ1n) is 7.32. The second-order valence-corrected chi connectivity index (χ2v) is 6.35. The van der Waals surface area contributed by atoms with Gasteiger partial charge in [0, 0.05) is 11.6 Å². The molecule has 0 saturated heterocycles. The van der Waals surface area contributed by atoms with Gasteiger partial charge in [-0.2, -0.15) is 0 Å². The Balaban J connectivity index is 1.70. The van der Waals surface area contributed by atoms with E-state index in [0.717, 1.165) is 5.56 Å². The molecule has 0 radical (unpaired) electrons. The lowest BCUT2D eigenvalue weighted by atomic mass is 10.2. The third-order valence-corrected chi connectivity index (χ3v) is 4.43. The fraction of sp³-hybridized carbons (Fsp3) is 0. The molecule has 25 heavy (non-hydrogen) atoms. The Morgan fingerprint density at radius 3 is 2.48 bits per heavy atom. The summed E-state index contributed by atoms with van der Waals surface area (Å²) in [7, 11) is 0. The Labute approximate surface area is 159 Å². The summed E-state index contributed by atoms with van der Waals surface area (Å²) >= 11 is 17.9. The molecule has 0 aliphatic rings. The van der Waals surface area contributed by atoms with Gasteiger partial charge in [0.15, 0.2) is 0 Å². The fourth-order valence-electron chi connectivity index (χ4n) is 2.14. The first kappa shape index (κ1) is 17.6. The molecule has 0 atom stereocenters. The van der Waals surface area contributed by atoms with Crippen LogP contribution in [-0.4, -0.2) is 5.91 Å². The summed E-state index contributed by atoms with van der Waals surface area (Å²) in [6.07, 6.45) is 2.95. The van der Waals surface area contributed by atoms with Crippen molar-refractivity contribution < 1.29 is 9.21 Å². The normalized spacial score (nSPS) is 11.0. The molecule has 1 aromatic heterocycles. The van der Waals surface area contributed by atoms with Gasteiger partial charge in [0.25, 0.3) is 0 Å². The summed E-state index contributed by atoms with van der Waals surface area (Å²) in [5.41, 5.74) is 1.35. The van der Waals surface area contributed by atoms with Crippen molar-refractivity contribution in [3.05, 3.63) is 81.5 Å². The number of furan rings is 1. The zero-order valence-corrected chi connectivity index (χ0v) is 15.1. The van der Waals surface area contributed by atoms with Crippen molar-refractivity contribution in [2.45, 2.75) is 0 Å². The number of rotatable bonds is 4. The lowest BCUT2D eigenvalue weighted by Gasteiger charge is -2.03. The molecule has 0 fully saturated rings. The van der Waals surface area contributed by atoms with Crippen LogP contribution in [0.4, 0.5) is 5.69 Å². The van der Waals surface area contributed by atoms with Gasteiger partial charge in [-0.15, -0.1) is 0 Å². The van der Waals surface area contributed by atoms with Gasteiger partial charge in [-0.1, -0.05) is 46.9 Å². The summed E-state index contributed by atoms with van der Waals surface area (Å²) < 4.78 is 5.69. The lowest BCUT2D eigenvalue weighted by Crippen LogP contribution is -2.07. The van der Waals surface area contributed by atoms with Crippen molar-refractivity contribution in [2.24, 2.45) is 0 Å². The molecule has 0 aliphatic carbocycles. The molecule has 2 aromatic carbocycles. The molecule has 1 amide bonds. The molecule has 0 unspecified atom stereocenters. The number of halogens is 3. The third kappa shape index (κ3) is 4.45. The van der Waals surface area contributed by atoms with Gasteiger partial charge in [-0.25, -0.2) is 0 Å². The predicted octanol–water partition coefficient (Wildman–Crippen LogP) is 6.56. The van der Waals surface area contributed by atoms with Gasteiger partial charge in [-0.05, 0) is 48.5 Å². The Morgan fingerprint density at radius 2 is 1.72 bits per heavy atom. The number of hydrogen-bond acceptors (Lipinski definition) is 2. The highest BCUT2D eigenvalue weighted by Crippen LogP contribution is 2.29. The first-order chi connectivity index (χ1) is 12.0. The number of carbonyl (C=O) groups excluding carboxylic acids is 1. The highest BCUT2D eigenvalue weighted by Gasteiger charge is 2.07. The Morgan fingerprint density at radius 1 is 0.920 bits per heavy atom. The van der Waals surface area contributed by atoms with Crippen LogP contribution in [0.2, 0.25) is 15.1 Å². The average molecular weight is 393 g/mol. The standard InChI is InChI=1S/C19H12Cl3NO2/c20-14-8-5-12(11-16(14)22)18-9-6-13(25-18)7-10-19(24)23-17-4-2-1-3-15(17)21/h1-11H,(H,23,24)/b10-7+. The van der Waals surface area contributed by atoms with Crippen molar-refractivity contribution in [1.29, 1.82) is 0 Å². The molecule has 0 saturated carbocycles. The van der Waals surface area contributed by atoms with Crippen LogP contribution in [0.5, 0.6) is 0 Å². The number of hydrogen-bond donors (Lipinski definition) is 1. The number of nitrogens with one attached hydrogen (secondary N) is 1. The van der Waals surface area contributed by atoms with Gasteiger partial charge < -0.3 is 9.73 Å². The minimum absolute atomic E-state index is 0.305. The molecule has 0 bridgehead atoms. The number of carbonyl (C=O) groups is 1. The number of amides is 1. The SMILES string of the molecule is O=C(/C=C/c1ccc(-c2ccc(Cl)c(Cl)c2)o1)Nc1ccccc1Cl. The predicted molar refractivity (Wildman–Crippen MR) is 103 cm³/mol. The number of anilines is 1. The average Bonchev–Trinajstić information content (AvgIpc) is 3.07. The van der Waals surface area contributed by atoms with E-state index >= 15 is 0 Å². The molecule has 6 heteroatoms. The summed E-state index contributed by atoms with van der Waals surface area (Å²) in [5.74, 6) is 0.862. The first-order valence-corrected chi connectivity index (χ1v) is 8.45. The quantitative estimate of drug-likeness (QED) is 0.511. The van der Waals surface area contributed by atoms with Crippen LogP contribution in [-0.2, 0) is 4.79 Å². The molecule has 126 valence electrons. The molecule has 0 aliphatic heterocycles. The summed E-state index contributed by atoms with van der Waals surface area (Å²) in [6, 6.07) is 15.8. The summed E-state index contributed by atoms with van der Waals surface area (Å²) in [5, 5.41) is 4.11. The Bertz CT molecular complexity index is 947. The molecular weight excluding hydrogens is 381 g/mol. The highest BCUT2D eigenvalue weighted by atomic mass is 35.5. The van der Waals surface area contributed by atoms with E-state index in [4.69, 9.17) is 39.2 Å².